The molecule has 1 aliphatic heterocycles. The van der Waals surface area contributed by atoms with Gasteiger partial charge in [-0.1, -0.05) is 29.8 Å². The Balaban J connectivity index is 1.70. The molecular weight excluding hydrogens is 512 g/mol. The zero-order valence-electron chi connectivity index (χ0n) is 16.3. The maximum Gasteiger partial charge on any atom is 0.244 e. The van der Waals surface area contributed by atoms with Crippen molar-refractivity contribution < 1.29 is 9.47 Å². The van der Waals surface area contributed by atoms with Gasteiger partial charge in [0.15, 0.2) is 0 Å². The van der Waals surface area contributed by atoms with E-state index in [0.717, 1.165) is 31.3 Å². The summed E-state index contributed by atoms with van der Waals surface area (Å²) in [5.41, 5.74) is 11.1. The number of hydrogen-bond acceptors (Lipinski definition) is 5. The van der Waals surface area contributed by atoms with Crippen LogP contribution in [0, 0.1) is 25.2 Å². The Kier molecular flexibility index (Phi) is 5.58. The molecule has 3 N–H and O–H groups in total. The molecule has 0 unspecified atom stereocenters. The van der Waals surface area contributed by atoms with Gasteiger partial charge in [0.1, 0.15) is 24.0 Å². The van der Waals surface area contributed by atoms with E-state index in [4.69, 9.17) is 15.2 Å². The molecular formula is C22H18Br2N4O2. The van der Waals surface area contributed by atoms with Crippen molar-refractivity contribution in [3.8, 4) is 17.7 Å². The van der Waals surface area contributed by atoms with E-state index in [1.165, 1.54) is 5.56 Å². The Hall–Kier alpha value is -2.76. The molecule has 152 valence electrons. The number of allylic oxidation sites excluding steroid dienone is 1. The van der Waals surface area contributed by atoms with Gasteiger partial charge in [-0.05, 0) is 69.0 Å². The number of hydrogen-bond donors (Lipinski definition) is 2. The van der Waals surface area contributed by atoms with Crippen LogP contribution >= 0.6 is 31.9 Å². The van der Waals surface area contributed by atoms with Crippen LogP contribution in [0.3, 0.4) is 0 Å². The van der Waals surface area contributed by atoms with Crippen LogP contribution in [-0.4, -0.2) is 10.2 Å². The molecule has 0 spiro atoms. The van der Waals surface area contributed by atoms with Gasteiger partial charge in [0.05, 0.1) is 14.9 Å². The Morgan fingerprint density at radius 3 is 2.50 bits per heavy atom. The highest BCUT2D eigenvalue weighted by molar-refractivity contribution is 9.11. The van der Waals surface area contributed by atoms with E-state index in [0.29, 0.717) is 23.8 Å². The average Bonchev–Trinajstić information content (AvgIpc) is 3.07. The second-order valence-electron chi connectivity index (χ2n) is 7.08. The minimum atomic E-state index is -0.392. The number of ether oxygens (including phenoxy) is 2. The quantitative estimate of drug-likeness (QED) is 0.475. The summed E-state index contributed by atoms with van der Waals surface area (Å²) in [5, 5.41) is 16.8. The molecule has 0 saturated carbocycles. The van der Waals surface area contributed by atoms with Crippen molar-refractivity contribution in [1.82, 2.24) is 10.2 Å². The molecule has 4 rings (SSSR count). The molecule has 0 saturated heterocycles. The van der Waals surface area contributed by atoms with Crippen LogP contribution in [0.15, 0.2) is 56.8 Å². The SMILES string of the molecule is Cc1ccc(COc2c(Br)cc([C@H]3C(C#N)=C(N)Oc4n[nH]c(C)c43)cc2Br)cc1. The van der Waals surface area contributed by atoms with Gasteiger partial charge in [0.2, 0.25) is 11.8 Å². The lowest BCUT2D eigenvalue weighted by Gasteiger charge is -2.24. The lowest BCUT2D eigenvalue weighted by Crippen LogP contribution is -2.21. The molecule has 0 fully saturated rings. The Bertz CT molecular complexity index is 1170. The first-order valence-electron chi connectivity index (χ1n) is 9.18. The van der Waals surface area contributed by atoms with Gasteiger partial charge >= 0.3 is 0 Å². The largest absolute Gasteiger partial charge is 0.487 e. The molecule has 0 bridgehead atoms. The van der Waals surface area contributed by atoms with E-state index in [-0.39, 0.29) is 5.88 Å². The summed E-state index contributed by atoms with van der Waals surface area (Å²) in [6.07, 6.45) is 0. The summed E-state index contributed by atoms with van der Waals surface area (Å²) >= 11 is 7.23. The molecule has 0 aliphatic carbocycles. The van der Waals surface area contributed by atoms with Gasteiger partial charge in [0, 0.05) is 11.3 Å². The molecule has 1 aromatic heterocycles. The first-order chi connectivity index (χ1) is 14.4. The molecule has 0 amide bonds. The fourth-order valence-corrected chi connectivity index (χ4v) is 4.91. The molecule has 2 heterocycles. The van der Waals surface area contributed by atoms with Gasteiger partial charge in [0.25, 0.3) is 0 Å². The van der Waals surface area contributed by atoms with E-state index in [2.05, 4.69) is 67.2 Å². The van der Waals surface area contributed by atoms with Crippen LogP contribution in [0.5, 0.6) is 11.6 Å². The average molecular weight is 530 g/mol. The van der Waals surface area contributed by atoms with Crippen molar-refractivity contribution in [1.29, 1.82) is 5.26 Å². The second-order valence-corrected chi connectivity index (χ2v) is 8.79. The fraction of sp³-hybridized carbons (Fsp3) is 0.182. The minimum absolute atomic E-state index is 0.0634. The zero-order valence-corrected chi connectivity index (χ0v) is 19.5. The summed E-state index contributed by atoms with van der Waals surface area (Å²) < 4.78 is 13.1. The first kappa shape index (κ1) is 20.5. The number of nitrogens with two attached hydrogens (primary N) is 1. The summed E-state index contributed by atoms with van der Waals surface area (Å²) in [7, 11) is 0. The number of nitriles is 1. The van der Waals surface area contributed by atoms with E-state index < -0.39 is 5.92 Å². The highest BCUT2D eigenvalue weighted by atomic mass is 79.9. The predicted molar refractivity (Wildman–Crippen MR) is 120 cm³/mol. The van der Waals surface area contributed by atoms with E-state index in [1.807, 2.05) is 31.2 Å². The molecule has 6 nitrogen and oxygen atoms in total. The summed E-state index contributed by atoms with van der Waals surface area (Å²) in [6.45, 7) is 4.38. The second kappa shape index (κ2) is 8.17. The Labute approximate surface area is 190 Å². The van der Waals surface area contributed by atoms with Crippen molar-refractivity contribution in [3.63, 3.8) is 0 Å². The number of aromatic nitrogens is 2. The summed E-state index contributed by atoms with van der Waals surface area (Å²) in [6, 6.07) is 14.3. The molecule has 30 heavy (non-hydrogen) atoms. The Morgan fingerprint density at radius 1 is 1.20 bits per heavy atom. The summed E-state index contributed by atoms with van der Waals surface area (Å²) in [4.78, 5) is 0. The fourth-order valence-electron chi connectivity index (χ4n) is 3.46. The van der Waals surface area contributed by atoms with Gasteiger partial charge in [-0.2, -0.15) is 5.26 Å². The lowest BCUT2D eigenvalue weighted by atomic mass is 9.84. The number of nitrogens with zero attached hydrogens (tertiary/aromatic N) is 2. The van der Waals surface area contributed by atoms with Crippen molar-refractivity contribution in [2.45, 2.75) is 26.4 Å². The van der Waals surface area contributed by atoms with Crippen LogP contribution in [0.4, 0.5) is 0 Å². The van der Waals surface area contributed by atoms with Crippen molar-refractivity contribution in [3.05, 3.63) is 84.7 Å². The number of nitrogens with one attached hydrogen (secondary N) is 1. The van der Waals surface area contributed by atoms with E-state index >= 15 is 0 Å². The minimum Gasteiger partial charge on any atom is -0.487 e. The number of fused-ring (bicyclic) bond motifs is 1. The molecule has 8 heteroatoms. The number of benzene rings is 2. The monoisotopic (exact) mass is 528 g/mol. The molecule has 1 atom stereocenters. The number of halogens is 2. The highest BCUT2D eigenvalue weighted by Gasteiger charge is 2.34. The van der Waals surface area contributed by atoms with Crippen LogP contribution in [0.1, 0.15) is 33.9 Å². The van der Waals surface area contributed by atoms with Crippen molar-refractivity contribution in [2.75, 3.05) is 0 Å². The third-order valence-electron chi connectivity index (χ3n) is 4.99. The first-order valence-corrected chi connectivity index (χ1v) is 10.8. The van der Waals surface area contributed by atoms with Gasteiger partial charge in [-0.15, -0.1) is 5.10 Å². The molecule has 0 radical (unpaired) electrons. The molecule has 2 aromatic carbocycles. The smallest absolute Gasteiger partial charge is 0.244 e. The van der Waals surface area contributed by atoms with Crippen molar-refractivity contribution in [2.24, 2.45) is 5.73 Å². The standard InChI is InChI=1S/C22H18Br2N4O2/c1-11-3-5-13(6-4-11)10-29-20-16(23)7-14(8-17(20)24)19-15(9-25)21(26)30-22-18(19)12(2)27-28-22/h3-8,19H,10,26H2,1-2H3,(H,27,28)/t19-/m0/s1. The van der Waals surface area contributed by atoms with Gasteiger partial charge < -0.3 is 15.2 Å². The Morgan fingerprint density at radius 2 is 1.87 bits per heavy atom. The van der Waals surface area contributed by atoms with Crippen LogP contribution < -0.4 is 15.2 Å². The molecule has 3 aromatic rings. The number of H-pyrrole nitrogens is 1. The number of rotatable bonds is 4. The summed E-state index contributed by atoms with van der Waals surface area (Å²) in [5.74, 6) is 0.747. The maximum atomic E-state index is 9.72. The van der Waals surface area contributed by atoms with Crippen molar-refractivity contribution >= 4 is 31.9 Å². The lowest BCUT2D eigenvalue weighted by molar-refractivity contribution is 0.302. The third-order valence-corrected chi connectivity index (χ3v) is 6.17. The zero-order chi connectivity index (χ0) is 21.4. The number of aryl methyl sites for hydroxylation is 2. The van der Waals surface area contributed by atoms with Gasteiger partial charge in [-0.25, -0.2) is 0 Å². The van der Waals surface area contributed by atoms with Crippen LogP contribution in [0.2, 0.25) is 0 Å². The maximum absolute atomic E-state index is 9.72. The number of aromatic amines is 1. The highest BCUT2D eigenvalue weighted by Crippen LogP contribution is 2.46. The topological polar surface area (TPSA) is 96.9 Å². The molecule has 1 aliphatic rings. The van der Waals surface area contributed by atoms with E-state index in [1.54, 1.807) is 0 Å². The normalized spacial score (nSPS) is 15.4. The van der Waals surface area contributed by atoms with Crippen LogP contribution in [-0.2, 0) is 6.61 Å². The van der Waals surface area contributed by atoms with Gasteiger partial charge in [-0.3, -0.25) is 5.10 Å². The predicted octanol–water partition coefficient (Wildman–Crippen LogP) is 5.35. The van der Waals surface area contributed by atoms with E-state index in [9.17, 15) is 5.26 Å². The van der Waals surface area contributed by atoms with Crippen LogP contribution in [0.25, 0.3) is 0 Å². The third kappa shape index (κ3) is 3.71.